The summed E-state index contributed by atoms with van der Waals surface area (Å²) < 4.78 is 0.967. The SMILES string of the molecule is CC1=CC(NC(=O)C2=CC(NC(=O)c3sc4ccccc4c3Cl)=CC2C)=CC1C. The number of hydrogen-bond donors (Lipinski definition) is 2. The molecule has 29 heavy (non-hydrogen) atoms. The summed E-state index contributed by atoms with van der Waals surface area (Å²) in [7, 11) is 0. The zero-order valence-electron chi connectivity index (χ0n) is 16.4. The number of benzene rings is 1. The summed E-state index contributed by atoms with van der Waals surface area (Å²) in [4.78, 5) is 25.9. The summed E-state index contributed by atoms with van der Waals surface area (Å²) in [5.41, 5.74) is 3.28. The lowest BCUT2D eigenvalue weighted by Crippen LogP contribution is -2.25. The van der Waals surface area contributed by atoms with Gasteiger partial charge in [0, 0.05) is 33.0 Å². The van der Waals surface area contributed by atoms with Gasteiger partial charge in [-0.3, -0.25) is 9.59 Å². The highest BCUT2D eigenvalue weighted by molar-refractivity contribution is 7.21. The fraction of sp³-hybridized carbons (Fsp3) is 0.217. The Bertz CT molecular complexity index is 1150. The molecule has 0 aliphatic heterocycles. The lowest BCUT2D eigenvalue weighted by Gasteiger charge is -2.08. The van der Waals surface area contributed by atoms with Crippen LogP contribution >= 0.6 is 22.9 Å². The zero-order valence-corrected chi connectivity index (χ0v) is 17.9. The van der Waals surface area contributed by atoms with Gasteiger partial charge in [-0.2, -0.15) is 0 Å². The highest BCUT2D eigenvalue weighted by atomic mass is 35.5. The maximum absolute atomic E-state index is 12.8. The van der Waals surface area contributed by atoms with Gasteiger partial charge < -0.3 is 10.6 Å². The van der Waals surface area contributed by atoms with E-state index in [-0.39, 0.29) is 17.7 Å². The Balaban J connectivity index is 1.48. The fourth-order valence-corrected chi connectivity index (χ4v) is 4.92. The number of thiophene rings is 1. The Labute approximate surface area is 178 Å². The first-order valence-electron chi connectivity index (χ1n) is 9.46. The molecule has 0 saturated heterocycles. The summed E-state index contributed by atoms with van der Waals surface area (Å²) >= 11 is 7.76. The van der Waals surface area contributed by atoms with Gasteiger partial charge in [0.25, 0.3) is 11.8 Å². The van der Waals surface area contributed by atoms with E-state index < -0.39 is 0 Å². The topological polar surface area (TPSA) is 58.2 Å². The summed E-state index contributed by atoms with van der Waals surface area (Å²) in [5.74, 6) is -0.173. The molecule has 2 N–H and O–H groups in total. The average Bonchev–Trinajstić information content (AvgIpc) is 3.31. The lowest BCUT2D eigenvalue weighted by molar-refractivity contribution is -0.117. The summed E-state index contributed by atoms with van der Waals surface area (Å²) in [6.45, 7) is 6.08. The number of halogens is 1. The molecule has 0 saturated carbocycles. The van der Waals surface area contributed by atoms with Crippen molar-refractivity contribution in [2.45, 2.75) is 20.8 Å². The van der Waals surface area contributed by atoms with Crippen LogP contribution in [-0.2, 0) is 4.79 Å². The van der Waals surface area contributed by atoms with Crippen LogP contribution in [0.25, 0.3) is 10.1 Å². The Morgan fingerprint density at radius 3 is 2.31 bits per heavy atom. The molecule has 0 fully saturated rings. The van der Waals surface area contributed by atoms with E-state index in [0.29, 0.717) is 27.1 Å². The summed E-state index contributed by atoms with van der Waals surface area (Å²) in [6.07, 6.45) is 7.63. The van der Waals surface area contributed by atoms with Crippen LogP contribution < -0.4 is 10.6 Å². The number of rotatable bonds is 4. The molecule has 0 bridgehead atoms. The molecule has 2 atom stereocenters. The standard InChI is InChI=1S/C23H21ClN2O2S/c1-12-8-15(9-13(12)2)25-22(27)18-11-16(10-14(18)3)26-23(28)21-20(24)17-6-4-5-7-19(17)29-21/h4-12,14H,1-3H3,(H,25,27)(H,26,28). The van der Waals surface area contributed by atoms with E-state index in [1.807, 2.05) is 56.3 Å². The molecule has 0 radical (unpaired) electrons. The number of nitrogens with one attached hydrogen (secondary N) is 2. The third-order valence-corrected chi connectivity index (χ3v) is 6.96. The van der Waals surface area contributed by atoms with Crippen LogP contribution in [0, 0.1) is 11.8 Å². The van der Waals surface area contributed by atoms with Crippen LogP contribution in [0.1, 0.15) is 30.4 Å². The first-order chi connectivity index (χ1) is 13.8. The van der Waals surface area contributed by atoms with Gasteiger partial charge in [0.1, 0.15) is 4.88 Å². The van der Waals surface area contributed by atoms with Gasteiger partial charge in [0.15, 0.2) is 0 Å². The van der Waals surface area contributed by atoms with Crippen LogP contribution in [0.2, 0.25) is 5.02 Å². The molecule has 2 aromatic rings. The number of allylic oxidation sites excluding steroid dienone is 5. The molecular formula is C23H21ClN2O2S. The van der Waals surface area contributed by atoms with Crippen molar-refractivity contribution in [1.29, 1.82) is 0 Å². The van der Waals surface area contributed by atoms with Gasteiger partial charge >= 0.3 is 0 Å². The van der Waals surface area contributed by atoms with Gasteiger partial charge in [-0.1, -0.05) is 61.4 Å². The van der Waals surface area contributed by atoms with E-state index in [4.69, 9.17) is 11.6 Å². The van der Waals surface area contributed by atoms with Crippen LogP contribution in [0.4, 0.5) is 0 Å². The monoisotopic (exact) mass is 424 g/mol. The number of fused-ring (bicyclic) bond motifs is 1. The van der Waals surface area contributed by atoms with Gasteiger partial charge in [0.05, 0.1) is 5.02 Å². The summed E-state index contributed by atoms with van der Waals surface area (Å²) in [5, 5.41) is 7.17. The summed E-state index contributed by atoms with van der Waals surface area (Å²) in [6, 6.07) is 7.66. The predicted octanol–water partition coefficient (Wildman–Crippen LogP) is 5.34. The maximum Gasteiger partial charge on any atom is 0.267 e. The van der Waals surface area contributed by atoms with Crippen molar-refractivity contribution < 1.29 is 9.59 Å². The lowest BCUT2D eigenvalue weighted by atomic mass is 10.0. The van der Waals surface area contributed by atoms with Crippen molar-refractivity contribution in [3.05, 3.63) is 81.0 Å². The Morgan fingerprint density at radius 2 is 1.62 bits per heavy atom. The van der Waals surface area contributed by atoms with Crippen molar-refractivity contribution in [2.75, 3.05) is 0 Å². The van der Waals surface area contributed by atoms with Crippen molar-refractivity contribution in [1.82, 2.24) is 10.6 Å². The van der Waals surface area contributed by atoms with Crippen molar-refractivity contribution in [2.24, 2.45) is 11.8 Å². The predicted molar refractivity (Wildman–Crippen MR) is 119 cm³/mol. The minimum absolute atomic E-state index is 0.0901. The average molecular weight is 425 g/mol. The van der Waals surface area contributed by atoms with Crippen LogP contribution in [0.5, 0.6) is 0 Å². The first-order valence-corrected chi connectivity index (χ1v) is 10.7. The molecule has 2 aliphatic carbocycles. The second kappa shape index (κ2) is 7.65. The maximum atomic E-state index is 12.8. The van der Waals surface area contributed by atoms with E-state index in [2.05, 4.69) is 17.6 Å². The van der Waals surface area contributed by atoms with Crippen LogP contribution in [0.3, 0.4) is 0 Å². The van der Waals surface area contributed by atoms with E-state index in [0.717, 1.165) is 15.8 Å². The second-order valence-electron chi connectivity index (χ2n) is 7.46. The number of hydrogen-bond acceptors (Lipinski definition) is 3. The smallest absolute Gasteiger partial charge is 0.267 e. The second-order valence-corrected chi connectivity index (χ2v) is 8.89. The molecule has 2 amide bonds. The fourth-order valence-electron chi connectivity index (χ4n) is 3.51. The number of carbonyl (C=O) groups is 2. The normalized spacial score (nSPS) is 20.8. The highest BCUT2D eigenvalue weighted by Crippen LogP contribution is 2.35. The number of carbonyl (C=O) groups excluding carboxylic acids is 2. The zero-order chi connectivity index (χ0) is 20.7. The molecule has 0 spiro atoms. The Kier molecular flexibility index (Phi) is 5.19. The quantitative estimate of drug-likeness (QED) is 0.695. The van der Waals surface area contributed by atoms with Gasteiger partial charge in [-0.15, -0.1) is 11.3 Å². The van der Waals surface area contributed by atoms with Gasteiger partial charge in [-0.05, 0) is 31.1 Å². The number of amides is 2. The molecular weight excluding hydrogens is 404 g/mol. The Hall–Kier alpha value is -2.63. The molecule has 148 valence electrons. The molecule has 1 heterocycles. The van der Waals surface area contributed by atoms with Gasteiger partial charge in [-0.25, -0.2) is 0 Å². The molecule has 2 aliphatic rings. The van der Waals surface area contributed by atoms with E-state index in [1.54, 1.807) is 6.08 Å². The largest absolute Gasteiger partial charge is 0.323 e. The van der Waals surface area contributed by atoms with Crippen LogP contribution in [-0.4, -0.2) is 11.8 Å². The van der Waals surface area contributed by atoms with Crippen molar-refractivity contribution in [3.8, 4) is 0 Å². The molecule has 4 nitrogen and oxygen atoms in total. The third-order valence-electron chi connectivity index (χ3n) is 5.28. The minimum atomic E-state index is -0.265. The van der Waals surface area contributed by atoms with Gasteiger partial charge in [0.2, 0.25) is 0 Å². The molecule has 1 aromatic heterocycles. The van der Waals surface area contributed by atoms with E-state index in [1.165, 1.54) is 16.9 Å². The first kappa shape index (κ1) is 19.7. The molecule has 2 unspecified atom stereocenters. The van der Waals surface area contributed by atoms with Crippen LogP contribution in [0.15, 0.2) is 71.1 Å². The molecule has 4 rings (SSSR count). The molecule has 1 aromatic carbocycles. The van der Waals surface area contributed by atoms with E-state index >= 15 is 0 Å². The molecule has 6 heteroatoms. The minimum Gasteiger partial charge on any atom is -0.323 e. The highest BCUT2D eigenvalue weighted by Gasteiger charge is 2.25. The van der Waals surface area contributed by atoms with Crippen molar-refractivity contribution in [3.63, 3.8) is 0 Å². The Morgan fingerprint density at radius 1 is 0.966 bits per heavy atom. The van der Waals surface area contributed by atoms with Crippen molar-refractivity contribution >= 4 is 44.8 Å². The van der Waals surface area contributed by atoms with E-state index in [9.17, 15) is 9.59 Å². The third kappa shape index (κ3) is 3.80.